The van der Waals surface area contributed by atoms with Crippen LogP contribution in [0, 0.1) is 0 Å². The number of nitrogens with one attached hydrogen (secondary N) is 4. The Morgan fingerprint density at radius 3 is 1.71 bits per heavy atom. The first-order valence-corrected chi connectivity index (χ1v) is 6.00. The highest BCUT2D eigenvalue weighted by Crippen LogP contribution is 1.88. The van der Waals surface area contributed by atoms with Crippen molar-refractivity contribution >= 4 is 47.1 Å². The first-order chi connectivity index (χ1) is 8.20. The van der Waals surface area contributed by atoms with Gasteiger partial charge in [0.05, 0.1) is 0 Å². The fourth-order valence-corrected chi connectivity index (χ4v) is 0.855. The zero-order valence-electron chi connectivity index (χ0n) is 9.99. The Bertz CT molecular complexity index is 261. The van der Waals surface area contributed by atoms with E-state index in [9.17, 15) is 0 Å². The van der Waals surface area contributed by atoms with Crippen LogP contribution in [0.15, 0.2) is 10.2 Å². The molecule has 0 aromatic rings. The summed E-state index contributed by atoms with van der Waals surface area (Å²) >= 11 is 9.69. The lowest BCUT2D eigenvalue weighted by molar-refractivity contribution is 0.904. The number of hydrogen-bond acceptors (Lipinski definition) is 4. The molecule has 0 fully saturated rings. The molecule has 0 aliphatic rings. The van der Waals surface area contributed by atoms with Crippen LogP contribution in [0.5, 0.6) is 0 Å². The summed E-state index contributed by atoms with van der Waals surface area (Å²) in [6.45, 7) is 0. The minimum atomic E-state index is 0.507. The van der Waals surface area contributed by atoms with Crippen molar-refractivity contribution in [1.29, 1.82) is 0 Å². The molecule has 0 aliphatic heterocycles. The third kappa shape index (κ3) is 11.0. The van der Waals surface area contributed by atoms with Crippen molar-refractivity contribution in [2.45, 2.75) is 19.3 Å². The van der Waals surface area contributed by atoms with E-state index in [0.29, 0.717) is 10.2 Å². The van der Waals surface area contributed by atoms with Crippen molar-refractivity contribution in [2.75, 3.05) is 14.1 Å². The van der Waals surface area contributed by atoms with Crippen molar-refractivity contribution < 1.29 is 0 Å². The van der Waals surface area contributed by atoms with Crippen molar-refractivity contribution in [1.82, 2.24) is 21.5 Å². The van der Waals surface area contributed by atoms with Gasteiger partial charge in [-0.2, -0.15) is 10.2 Å². The Balaban J connectivity index is 3.40. The van der Waals surface area contributed by atoms with Crippen molar-refractivity contribution in [3.63, 3.8) is 0 Å². The van der Waals surface area contributed by atoms with E-state index in [1.165, 1.54) is 0 Å². The molecule has 6 nitrogen and oxygen atoms in total. The molecular formula is C9H18N6S2. The zero-order valence-corrected chi connectivity index (χ0v) is 11.6. The average Bonchev–Trinajstić information content (AvgIpc) is 2.35. The van der Waals surface area contributed by atoms with E-state index in [4.69, 9.17) is 24.4 Å². The van der Waals surface area contributed by atoms with Gasteiger partial charge in [-0.05, 0) is 43.7 Å². The molecule has 17 heavy (non-hydrogen) atoms. The summed E-state index contributed by atoms with van der Waals surface area (Å²) in [4.78, 5) is 0. The maximum atomic E-state index is 4.84. The second-order valence-electron chi connectivity index (χ2n) is 2.94. The molecule has 96 valence electrons. The van der Waals surface area contributed by atoms with Crippen LogP contribution >= 0.6 is 24.4 Å². The van der Waals surface area contributed by atoms with Gasteiger partial charge in [0.15, 0.2) is 10.2 Å². The minimum Gasteiger partial charge on any atom is -0.364 e. The normalized spacial score (nSPS) is 10.5. The Kier molecular flexibility index (Phi) is 10.4. The van der Waals surface area contributed by atoms with Gasteiger partial charge in [0, 0.05) is 26.5 Å². The summed E-state index contributed by atoms with van der Waals surface area (Å²) < 4.78 is 0. The van der Waals surface area contributed by atoms with E-state index in [1.807, 2.05) is 0 Å². The van der Waals surface area contributed by atoms with E-state index in [1.54, 1.807) is 26.5 Å². The van der Waals surface area contributed by atoms with Crippen molar-refractivity contribution in [3.05, 3.63) is 0 Å². The van der Waals surface area contributed by atoms with Gasteiger partial charge in [-0.1, -0.05) is 0 Å². The lowest BCUT2D eigenvalue weighted by Crippen LogP contribution is -2.28. The van der Waals surface area contributed by atoms with Crippen LogP contribution in [0.25, 0.3) is 0 Å². The maximum Gasteiger partial charge on any atom is 0.186 e. The van der Waals surface area contributed by atoms with Crippen molar-refractivity contribution in [3.8, 4) is 0 Å². The number of thiocarbonyl (C=S) groups is 2. The third-order valence-electron chi connectivity index (χ3n) is 1.64. The molecule has 0 rings (SSSR count). The first-order valence-electron chi connectivity index (χ1n) is 5.19. The molecule has 0 unspecified atom stereocenters. The van der Waals surface area contributed by atoms with Crippen LogP contribution in [-0.4, -0.2) is 36.7 Å². The molecule has 0 spiro atoms. The molecule has 0 aromatic heterocycles. The van der Waals surface area contributed by atoms with Crippen LogP contribution in [0.1, 0.15) is 19.3 Å². The summed E-state index contributed by atoms with van der Waals surface area (Å²) in [6.07, 6.45) is 6.25. The van der Waals surface area contributed by atoms with Gasteiger partial charge in [-0.3, -0.25) is 10.9 Å². The molecule has 0 aliphatic carbocycles. The second kappa shape index (κ2) is 11.2. The molecule has 0 heterocycles. The van der Waals surface area contributed by atoms with E-state index in [-0.39, 0.29) is 0 Å². The standard InChI is InChI=1S/C9H18N6S2/c1-10-8(16)14-12-6-4-3-5-7-13-15-9(17)11-2/h6-7H,3-5H2,1-2H3,(H2,10,14,16)(H2,11,15,17). The Morgan fingerprint density at radius 2 is 1.35 bits per heavy atom. The van der Waals surface area contributed by atoms with Crippen molar-refractivity contribution in [2.24, 2.45) is 10.2 Å². The highest BCUT2D eigenvalue weighted by atomic mass is 32.1. The predicted octanol–water partition coefficient (Wildman–Crippen LogP) is 0.316. The van der Waals surface area contributed by atoms with Gasteiger partial charge in [0.1, 0.15) is 0 Å². The van der Waals surface area contributed by atoms with Gasteiger partial charge in [-0.25, -0.2) is 0 Å². The first kappa shape index (κ1) is 15.7. The Morgan fingerprint density at radius 1 is 0.941 bits per heavy atom. The highest BCUT2D eigenvalue weighted by Gasteiger charge is 1.86. The lowest BCUT2D eigenvalue weighted by atomic mass is 10.3. The van der Waals surface area contributed by atoms with Gasteiger partial charge < -0.3 is 10.6 Å². The van der Waals surface area contributed by atoms with Crippen LogP contribution in [0.4, 0.5) is 0 Å². The van der Waals surface area contributed by atoms with Gasteiger partial charge >= 0.3 is 0 Å². The van der Waals surface area contributed by atoms with Gasteiger partial charge in [-0.15, -0.1) is 0 Å². The monoisotopic (exact) mass is 274 g/mol. The number of nitrogens with zero attached hydrogens (tertiary/aromatic N) is 2. The number of hydrazone groups is 2. The molecule has 0 saturated heterocycles. The average molecular weight is 274 g/mol. The molecule has 0 atom stereocenters. The molecule has 0 aromatic carbocycles. The summed E-state index contributed by atoms with van der Waals surface area (Å²) in [5.41, 5.74) is 5.35. The lowest BCUT2D eigenvalue weighted by Gasteiger charge is -1.99. The second-order valence-corrected chi connectivity index (χ2v) is 3.75. The summed E-state index contributed by atoms with van der Waals surface area (Å²) in [7, 11) is 3.48. The highest BCUT2D eigenvalue weighted by molar-refractivity contribution is 7.80. The van der Waals surface area contributed by atoms with Gasteiger partial charge in [0.2, 0.25) is 0 Å². The summed E-state index contributed by atoms with van der Waals surface area (Å²) in [5.74, 6) is 0. The molecule has 0 saturated carbocycles. The van der Waals surface area contributed by atoms with Crippen LogP contribution in [0.2, 0.25) is 0 Å². The largest absolute Gasteiger partial charge is 0.364 e. The maximum absolute atomic E-state index is 4.84. The number of unbranched alkanes of at least 4 members (excludes halogenated alkanes) is 2. The Labute approximate surface area is 112 Å². The third-order valence-corrected chi connectivity index (χ3v) is 2.23. The minimum absolute atomic E-state index is 0.507. The summed E-state index contributed by atoms with van der Waals surface area (Å²) in [5, 5.41) is 14.4. The van der Waals surface area contributed by atoms with Gasteiger partial charge in [0.25, 0.3) is 0 Å². The summed E-state index contributed by atoms with van der Waals surface area (Å²) in [6, 6.07) is 0. The smallest absolute Gasteiger partial charge is 0.186 e. The molecule has 8 heteroatoms. The molecule has 0 radical (unpaired) electrons. The van der Waals surface area contributed by atoms with Crippen LogP contribution in [0.3, 0.4) is 0 Å². The number of rotatable bonds is 6. The molecular weight excluding hydrogens is 256 g/mol. The van der Waals surface area contributed by atoms with E-state index in [2.05, 4.69) is 31.7 Å². The zero-order chi connectivity index (χ0) is 12.9. The molecule has 0 amide bonds. The predicted molar refractivity (Wildman–Crippen MR) is 80.4 cm³/mol. The van der Waals surface area contributed by atoms with Crippen LogP contribution < -0.4 is 21.5 Å². The number of hydrogen-bond donors (Lipinski definition) is 4. The fourth-order valence-electron chi connectivity index (χ4n) is 0.750. The molecule has 4 N–H and O–H groups in total. The topological polar surface area (TPSA) is 72.8 Å². The fraction of sp³-hybridized carbons (Fsp3) is 0.556. The quantitative estimate of drug-likeness (QED) is 0.242. The van der Waals surface area contributed by atoms with E-state index < -0.39 is 0 Å². The van der Waals surface area contributed by atoms with Crippen LogP contribution in [-0.2, 0) is 0 Å². The molecule has 0 bridgehead atoms. The Hall–Kier alpha value is -1.28. The van der Waals surface area contributed by atoms with E-state index >= 15 is 0 Å². The van der Waals surface area contributed by atoms with E-state index in [0.717, 1.165) is 19.3 Å². The SMILES string of the molecule is CNC(=S)NN=CCCCC=NNC(=S)NC.